The van der Waals surface area contributed by atoms with Gasteiger partial charge < -0.3 is 14.6 Å². The largest absolute Gasteiger partial charge is 0.497 e. The van der Waals surface area contributed by atoms with Crippen LogP contribution in [0.15, 0.2) is 34.9 Å². The lowest BCUT2D eigenvalue weighted by Crippen LogP contribution is -2.12. The zero-order valence-corrected chi connectivity index (χ0v) is 15.6. The number of fused-ring (bicyclic) bond motifs is 1. The third kappa shape index (κ3) is 3.32. The Kier molecular flexibility index (Phi) is 4.65. The van der Waals surface area contributed by atoms with E-state index in [9.17, 15) is 10.1 Å². The molecule has 0 fully saturated rings. The van der Waals surface area contributed by atoms with Gasteiger partial charge >= 0.3 is 0 Å². The summed E-state index contributed by atoms with van der Waals surface area (Å²) >= 11 is 1.49. The molecule has 0 unspecified atom stereocenters. The Labute approximate surface area is 160 Å². The minimum absolute atomic E-state index is 0.170. The lowest BCUT2D eigenvalue weighted by molar-refractivity contribution is 0.101. The fraction of sp³-hybridized carbons (Fsp3) is 0.250. The molecule has 0 bridgehead atoms. The molecule has 136 valence electrons. The third-order valence-corrected chi connectivity index (χ3v) is 5.81. The summed E-state index contributed by atoms with van der Waals surface area (Å²) < 4.78 is 10.5. The Morgan fingerprint density at radius 3 is 3.00 bits per heavy atom. The summed E-state index contributed by atoms with van der Waals surface area (Å²) in [5, 5.41) is 16.8. The lowest BCUT2D eigenvalue weighted by Gasteiger charge is -2.09. The SMILES string of the molecule is COc1cccc(-c2cc(C(=O)Nc3sc4c(c3C#N)CCCC4)no2)c1. The summed E-state index contributed by atoms with van der Waals surface area (Å²) in [6.45, 7) is 0. The Hall–Kier alpha value is -3.11. The molecule has 3 aromatic rings. The number of methoxy groups -OCH3 is 1. The van der Waals surface area contributed by atoms with E-state index in [1.165, 1.54) is 16.2 Å². The van der Waals surface area contributed by atoms with Gasteiger partial charge in [-0.3, -0.25) is 4.79 Å². The molecule has 0 saturated carbocycles. The number of thiophene rings is 1. The van der Waals surface area contributed by atoms with E-state index in [0.29, 0.717) is 22.1 Å². The van der Waals surface area contributed by atoms with Crippen LogP contribution < -0.4 is 10.1 Å². The number of carbonyl (C=O) groups is 1. The molecule has 27 heavy (non-hydrogen) atoms. The number of nitrogens with zero attached hydrogens (tertiary/aromatic N) is 2. The van der Waals surface area contributed by atoms with Crippen LogP contribution in [-0.4, -0.2) is 18.2 Å². The van der Waals surface area contributed by atoms with Crippen LogP contribution in [0.4, 0.5) is 5.00 Å². The summed E-state index contributed by atoms with van der Waals surface area (Å²) in [5.41, 5.74) is 2.61. The predicted molar refractivity (Wildman–Crippen MR) is 102 cm³/mol. The van der Waals surface area contributed by atoms with Crippen molar-refractivity contribution >= 4 is 22.2 Å². The molecule has 0 aliphatic heterocycles. The van der Waals surface area contributed by atoms with Crippen LogP contribution in [0.1, 0.15) is 39.3 Å². The van der Waals surface area contributed by atoms with Gasteiger partial charge in [-0.2, -0.15) is 5.26 Å². The first-order chi connectivity index (χ1) is 13.2. The highest BCUT2D eigenvalue weighted by Gasteiger charge is 2.23. The number of aryl methyl sites for hydroxylation is 1. The van der Waals surface area contributed by atoms with E-state index in [4.69, 9.17) is 9.26 Å². The van der Waals surface area contributed by atoms with Crippen molar-refractivity contribution in [1.82, 2.24) is 5.16 Å². The van der Waals surface area contributed by atoms with Crippen molar-refractivity contribution in [2.24, 2.45) is 0 Å². The summed E-state index contributed by atoms with van der Waals surface area (Å²) in [4.78, 5) is 13.8. The van der Waals surface area contributed by atoms with Crippen LogP contribution in [0.3, 0.4) is 0 Å². The average molecular weight is 379 g/mol. The summed E-state index contributed by atoms with van der Waals surface area (Å²) in [7, 11) is 1.59. The quantitative estimate of drug-likeness (QED) is 0.725. The van der Waals surface area contributed by atoms with Gasteiger partial charge in [0.05, 0.1) is 12.7 Å². The topological polar surface area (TPSA) is 88.1 Å². The maximum Gasteiger partial charge on any atom is 0.278 e. The minimum atomic E-state index is -0.386. The van der Waals surface area contributed by atoms with Crippen LogP contribution in [0, 0.1) is 11.3 Å². The normalized spacial score (nSPS) is 12.9. The summed E-state index contributed by atoms with van der Waals surface area (Å²) in [5.74, 6) is 0.783. The zero-order chi connectivity index (χ0) is 18.8. The first-order valence-electron chi connectivity index (χ1n) is 8.66. The van der Waals surface area contributed by atoms with E-state index in [0.717, 1.165) is 36.8 Å². The number of rotatable bonds is 4. The van der Waals surface area contributed by atoms with Gasteiger partial charge in [0.1, 0.15) is 16.8 Å². The van der Waals surface area contributed by atoms with E-state index in [-0.39, 0.29) is 11.6 Å². The van der Waals surface area contributed by atoms with Crippen LogP contribution in [-0.2, 0) is 12.8 Å². The molecule has 4 rings (SSSR count). The molecule has 0 atom stereocenters. The lowest BCUT2D eigenvalue weighted by atomic mass is 9.96. The Morgan fingerprint density at radius 1 is 1.33 bits per heavy atom. The molecule has 0 radical (unpaired) electrons. The molecule has 0 spiro atoms. The van der Waals surface area contributed by atoms with Crippen LogP contribution in [0.2, 0.25) is 0 Å². The number of hydrogen-bond acceptors (Lipinski definition) is 6. The molecule has 2 heterocycles. The summed E-state index contributed by atoms with van der Waals surface area (Å²) in [6, 6.07) is 11.2. The standard InChI is InChI=1S/C20H17N3O3S/c1-25-13-6-4-5-12(9-13)17-10-16(23-26-17)19(24)22-20-15(11-21)14-7-2-3-8-18(14)27-20/h4-6,9-10H,2-3,7-8H2,1H3,(H,22,24). The van der Waals surface area contributed by atoms with Crippen LogP contribution in [0.5, 0.6) is 5.75 Å². The molecule has 1 aromatic carbocycles. The van der Waals surface area contributed by atoms with Crippen molar-refractivity contribution in [3.05, 3.63) is 52.0 Å². The first-order valence-corrected chi connectivity index (χ1v) is 9.48. The number of hydrogen-bond donors (Lipinski definition) is 1. The molecular formula is C20H17N3O3S. The number of ether oxygens (including phenoxy) is 1. The van der Waals surface area contributed by atoms with Crippen molar-refractivity contribution in [3.8, 4) is 23.1 Å². The fourth-order valence-electron chi connectivity index (χ4n) is 3.23. The number of aromatic nitrogens is 1. The Bertz CT molecular complexity index is 1050. The molecular weight excluding hydrogens is 362 g/mol. The Balaban J connectivity index is 1.57. The number of carbonyl (C=O) groups excluding carboxylic acids is 1. The molecule has 7 heteroatoms. The van der Waals surface area contributed by atoms with E-state index in [1.54, 1.807) is 13.2 Å². The number of amides is 1. The van der Waals surface area contributed by atoms with Crippen LogP contribution >= 0.6 is 11.3 Å². The molecule has 2 aromatic heterocycles. The van der Waals surface area contributed by atoms with Gasteiger partial charge in [-0.15, -0.1) is 11.3 Å². The molecule has 1 aliphatic carbocycles. The number of nitriles is 1. The monoisotopic (exact) mass is 379 g/mol. The van der Waals surface area contributed by atoms with E-state index >= 15 is 0 Å². The van der Waals surface area contributed by atoms with Crippen LogP contribution in [0.25, 0.3) is 11.3 Å². The molecule has 1 amide bonds. The molecule has 6 nitrogen and oxygen atoms in total. The van der Waals surface area contributed by atoms with Crippen molar-refractivity contribution in [1.29, 1.82) is 5.26 Å². The van der Waals surface area contributed by atoms with Gasteiger partial charge in [0.15, 0.2) is 11.5 Å². The van der Waals surface area contributed by atoms with Gasteiger partial charge in [-0.1, -0.05) is 17.3 Å². The minimum Gasteiger partial charge on any atom is -0.497 e. The maximum atomic E-state index is 12.6. The fourth-order valence-corrected chi connectivity index (χ4v) is 4.47. The molecule has 1 N–H and O–H groups in total. The van der Waals surface area contributed by atoms with Crippen molar-refractivity contribution < 1.29 is 14.1 Å². The van der Waals surface area contributed by atoms with Gasteiger partial charge in [-0.25, -0.2) is 0 Å². The second kappa shape index (κ2) is 7.25. The number of anilines is 1. The van der Waals surface area contributed by atoms with E-state index in [2.05, 4.69) is 16.5 Å². The second-order valence-corrected chi connectivity index (χ2v) is 7.39. The zero-order valence-electron chi connectivity index (χ0n) is 14.7. The Morgan fingerprint density at radius 2 is 2.19 bits per heavy atom. The number of nitrogens with one attached hydrogen (secondary N) is 1. The highest BCUT2D eigenvalue weighted by molar-refractivity contribution is 7.16. The highest BCUT2D eigenvalue weighted by atomic mass is 32.1. The smallest absolute Gasteiger partial charge is 0.278 e. The third-order valence-electron chi connectivity index (χ3n) is 4.61. The van der Waals surface area contributed by atoms with Gasteiger partial charge in [0.25, 0.3) is 5.91 Å². The highest BCUT2D eigenvalue weighted by Crippen LogP contribution is 2.37. The van der Waals surface area contributed by atoms with Crippen molar-refractivity contribution in [2.75, 3.05) is 12.4 Å². The van der Waals surface area contributed by atoms with Crippen molar-refractivity contribution in [3.63, 3.8) is 0 Å². The average Bonchev–Trinajstić information content (AvgIpc) is 3.32. The van der Waals surface area contributed by atoms with Gasteiger partial charge in [-0.05, 0) is 43.4 Å². The molecule has 1 aliphatic rings. The van der Waals surface area contributed by atoms with Gasteiger partial charge in [0.2, 0.25) is 0 Å². The summed E-state index contributed by atoms with van der Waals surface area (Å²) in [6.07, 6.45) is 4.07. The first kappa shape index (κ1) is 17.3. The second-order valence-electron chi connectivity index (χ2n) is 6.29. The van der Waals surface area contributed by atoms with Crippen molar-refractivity contribution in [2.45, 2.75) is 25.7 Å². The van der Waals surface area contributed by atoms with Gasteiger partial charge in [0, 0.05) is 16.5 Å². The van der Waals surface area contributed by atoms with E-state index in [1.807, 2.05) is 24.3 Å². The predicted octanol–water partition coefficient (Wildman–Crippen LogP) is 4.41. The molecule has 0 saturated heterocycles. The maximum absolute atomic E-state index is 12.6. The number of benzene rings is 1. The van der Waals surface area contributed by atoms with E-state index < -0.39 is 0 Å².